The second-order valence-electron chi connectivity index (χ2n) is 7.41. The van der Waals surface area contributed by atoms with Crippen LogP contribution in [-0.4, -0.2) is 21.9 Å². The lowest BCUT2D eigenvalue weighted by Gasteiger charge is -2.22. The molecular weight excluding hydrogens is 465 g/mol. The molecule has 4 rings (SSSR count). The lowest BCUT2D eigenvalue weighted by atomic mass is 10.1. The number of aromatic carboxylic acids is 1. The lowest BCUT2D eigenvalue weighted by Crippen LogP contribution is -2.19. The van der Waals surface area contributed by atoms with Crippen molar-refractivity contribution in [3.05, 3.63) is 99.2 Å². The maximum atomic E-state index is 11.4. The van der Waals surface area contributed by atoms with Gasteiger partial charge in [0.15, 0.2) is 0 Å². The highest BCUT2D eigenvalue weighted by Crippen LogP contribution is 2.34. The van der Waals surface area contributed by atoms with Crippen LogP contribution in [0.5, 0.6) is 0 Å². The van der Waals surface area contributed by atoms with E-state index >= 15 is 0 Å². The molecule has 0 radical (unpaired) electrons. The van der Waals surface area contributed by atoms with Gasteiger partial charge in [0, 0.05) is 44.5 Å². The van der Waals surface area contributed by atoms with Gasteiger partial charge in [-0.15, -0.1) is 0 Å². The first-order valence-corrected chi connectivity index (χ1v) is 11.6. The molecule has 4 nitrogen and oxygen atoms in total. The summed E-state index contributed by atoms with van der Waals surface area (Å²) in [5.41, 5.74) is 3.31. The molecule has 0 saturated carbocycles. The molecule has 1 heterocycles. The fraction of sp³-hybridized carbons (Fsp3) is 0.160. The molecule has 0 unspecified atom stereocenters. The second kappa shape index (κ2) is 10.0. The predicted octanol–water partition coefficient (Wildman–Crippen LogP) is 7.50. The van der Waals surface area contributed by atoms with Crippen LogP contribution in [0.3, 0.4) is 0 Å². The molecule has 0 saturated heterocycles. The predicted molar refractivity (Wildman–Crippen MR) is 131 cm³/mol. The van der Waals surface area contributed by atoms with E-state index in [0.717, 1.165) is 28.8 Å². The number of benzene rings is 3. The molecule has 32 heavy (non-hydrogen) atoms. The minimum atomic E-state index is -1.06. The average Bonchev–Trinajstić information content (AvgIpc) is 3.11. The van der Waals surface area contributed by atoms with Crippen molar-refractivity contribution in [1.82, 2.24) is 4.31 Å². The number of carbonyl (C=O) groups is 1. The molecule has 1 aromatic heterocycles. The maximum Gasteiger partial charge on any atom is 0.372 e. The van der Waals surface area contributed by atoms with Crippen molar-refractivity contribution in [2.24, 2.45) is 0 Å². The van der Waals surface area contributed by atoms with E-state index in [1.54, 1.807) is 18.9 Å². The highest BCUT2D eigenvalue weighted by Gasteiger charge is 2.18. The Labute approximate surface area is 200 Å². The van der Waals surface area contributed by atoms with Gasteiger partial charge in [0.25, 0.3) is 0 Å². The van der Waals surface area contributed by atoms with Crippen LogP contribution < -0.4 is 0 Å². The Hall–Kier alpha value is -2.44. The van der Waals surface area contributed by atoms with E-state index < -0.39 is 5.97 Å². The van der Waals surface area contributed by atoms with Crippen molar-refractivity contribution in [1.29, 1.82) is 0 Å². The van der Waals surface area contributed by atoms with E-state index in [1.807, 2.05) is 54.6 Å². The third kappa shape index (κ3) is 5.13. The molecule has 4 aromatic rings. The second-order valence-corrected chi connectivity index (χ2v) is 9.39. The Balaban J connectivity index is 1.61. The fourth-order valence-electron chi connectivity index (χ4n) is 3.53. The van der Waals surface area contributed by atoms with E-state index in [2.05, 4.69) is 16.4 Å². The lowest BCUT2D eigenvalue weighted by molar-refractivity contribution is 0.0664. The topological polar surface area (TPSA) is 53.7 Å². The first kappa shape index (κ1) is 22.7. The molecular formula is C25H21Cl2NO3S. The van der Waals surface area contributed by atoms with Crippen LogP contribution >= 0.6 is 35.1 Å². The van der Waals surface area contributed by atoms with Crippen LogP contribution in [0.2, 0.25) is 10.0 Å². The summed E-state index contributed by atoms with van der Waals surface area (Å²) in [6, 6.07) is 21.5. The number of rotatable bonds is 8. The SMILES string of the molecule is Cc1c(C(=O)O)oc2ccc(SN(CCc3ccccc3)Cc3c(Cl)cccc3Cl)cc12. The summed E-state index contributed by atoms with van der Waals surface area (Å²) >= 11 is 14.5. The number of hydrogen-bond donors (Lipinski definition) is 1. The van der Waals surface area contributed by atoms with Crippen LogP contribution in [0.4, 0.5) is 0 Å². The van der Waals surface area contributed by atoms with Gasteiger partial charge in [-0.3, -0.25) is 0 Å². The van der Waals surface area contributed by atoms with Crippen molar-refractivity contribution < 1.29 is 14.3 Å². The Morgan fingerprint density at radius 3 is 2.44 bits per heavy atom. The summed E-state index contributed by atoms with van der Waals surface area (Å²) in [4.78, 5) is 12.4. The van der Waals surface area contributed by atoms with Crippen molar-refractivity contribution >= 4 is 52.1 Å². The van der Waals surface area contributed by atoms with Gasteiger partial charge >= 0.3 is 5.97 Å². The first-order valence-electron chi connectivity index (χ1n) is 10.1. The Bertz CT molecular complexity index is 1240. The third-order valence-corrected chi connectivity index (χ3v) is 6.97. The monoisotopic (exact) mass is 485 g/mol. The van der Waals surface area contributed by atoms with Gasteiger partial charge in [-0.2, -0.15) is 0 Å². The van der Waals surface area contributed by atoms with Gasteiger partial charge in [0.05, 0.1) is 0 Å². The van der Waals surface area contributed by atoms with Gasteiger partial charge in [0.2, 0.25) is 5.76 Å². The number of carboxylic acids is 1. The summed E-state index contributed by atoms with van der Waals surface area (Å²) < 4.78 is 7.71. The number of carboxylic acid groups (broad SMARTS) is 1. The van der Waals surface area contributed by atoms with Gasteiger partial charge in [-0.25, -0.2) is 9.10 Å². The maximum absolute atomic E-state index is 11.4. The summed E-state index contributed by atoms with van der Waals surface area (Å²) in [5.74, 6) is -1.09. The highest BCUT2D eigenvalue weighted by atomic mass is 35.5. The van der Waals surface area contributed by atoms with Crippen molar-refractivity contribution in [2.45, 2.75) is 24.8 Å². The summed E-state index contributed by atoms with van der Waals surface area (Å²) in [5, 5.41) is 11.4. The van der Waals surface area contributed by atoms with Crippen LogP contribution in [0, 0.1) is 6.92 Å². The van der Waals surface area contributed by atoms with Gasteiger partial charge in [0.1, 0.15) is 5.58 Å². The van der Waals surface area contributed by atoms with Gasteiger partial charge < -0.3 is 9.52 Å². The molecule has 0 atom stereocenters. The molecule has 0 spiro atoms. The molecule has 7 heteroatoms. The zero-order valence-corrected chi connectivity index (χ0v) is 19.7. The number of aryl methyl sites for hydroxylation is 1. The largest absolute Gasteiger partial charge is 0.475 e. The van der Waals surface area contributed by atoms with Crippen molar-refractivity contribution in [2.75, 3.05) is 6.54 Å². The molecule has 3 aromatic carbocycles. The van der Waals surface area contributed by atoms with Crippen LogP contribution in [0.1, 0.15) is 27.2 Å². The Morgan fingerprint density at radius 2 is 1.75 bits per heavy atom. The van der Waals surface area contributed by atoms with Crippen LogP contribution in [0.15, 0.2) is 76.0 Å². The molecule has 0 aliphatic rings. The van der Waals surface area contributed by atoms with Gasteiger partial charge in [-0.1, -0.05) is 59.6 Å². The highest BCUT2D eigenvalue weighted by molar-refractivity contribution is 7.97. The standard InChI is InChI=1S/C25H21Cl2NO3S/c1-16-19-14-18(10-11-23(19)31-24(16)25(29)30)32-28(13-12-17-6-3-2-4-7-17)15-20-21(26)8-5-9-22(20)27/h2-11,14H,12-13,15H2,1H3,(H,29,30). The minimum Gasteiger partial charge on any atom is -0.475 e. The summed E-state index contributed by atoms with van der Waals surface area (Å²) in [6.45, 7) is 3.11. The molecule has 0 amide bonds. The minimum absolute atomic E-state index is 0.0223. The van der Waals surface area contributed by atoms with E-state index in [1.165, 1.54) is 5.56 Å². The molecule has 0 fully saturated rings. The fourth-order valence-corrected chi connectivity index (χ4v) is 5.02. The first-order chi connectivity index (χ1) is 15.4. The molecule has 164 valence electrons. The zero-order valence-electron chi connectivity index (χ0n) is 17.3. The normalized spacial score (nSPS) is 11.4. The number of halogens is 2. The van der Waals surface area contributed by atoms with E-state index in [0.29, 0.717) is 27.7 Å². The summed E-state index contributed by atoms with van der Waals surface area (Å²) in [6.07, 6.45) is 0.867. The van der Waals surface area contributed by atoms with Crippen LogP contribution in [-0.2, 0) is 13.0 Å². The summed E-state index contributed by atoms with van der Waals surface area (Å²) in [7, 11) is 0. The molecule has 1 N–H and O–H groups in total. The number of fused-ring (bicyclic) bond motifs is 1. The van der Waals surface area contributed by atoms with Crippen molar-refractivity contribution in [3.8, 4) is 0 Å². The molecule has 0 aliphatic carbocycles. The van der Waals surface area contributed by atoms with Gasteiger partial charge in [-0.05, 0) is 61.2 Å². The van der Waals surface area contributed by atoms with E-state index in [-0.39, 0.29) is 5.76 Å². The number of nitrogens with zero attached hydrogens (tertiary/aromatic N) is 1. The Kier molecular flexibility index (Phi) is 7.11. The zero-order chi connectivity index (χ0) is 22.7. The molecule has 0 bridgehead atoms. The van der Waals surface area contributed by atoms with Crippen LogP contribution in [0.25, 0.3) is 11.0 Å². The Morgan fingerprint density at radius 1 is 1.03 bits per heavy atom. The smallest absolute Gasteiger partial charge is 0.372 e. The number of furan rings is 1. The molecule has 0 aliphatic heterocycles. The van der Waals surface area contributed by atoms with E-state index in [9.17, 15) is 9.90 Å². The quantitative estimate of drug-likeness (QED) is 0.262. The van der Waals surface area contributed by atoms with E-state index in [4.69, 9.17) is 27.6 Å². The van der Waals surface area contributed by atoms with Crippen molar-refractivity contribution in [3.63, 3.8) is 0 Å². The number of hydrogen-bond acceptors (Lipinski definition) is 4. The third-order valence-electron chi connectivity index (χ3n) is 5.23. The average molecular weight is 486 g/mol.